The molecule has 0 radical (unpaired) electrons. The summed E-state index contributed by atoms with van der Waals surface area (Å²) in [5, 5.41) is 9.09. The van der Waals surface area contributed by atoms with Crippen molar-refractivity contribution in [3.05, 3.63) is 0 Å². The first-order valence-corrected chi connectivity index (χ1v) is 6.19. The fourth-order valence-corrected chi connectivity index (χ4v) is 2.97. The molecule has 3 heteroatoms. The van der Waals surface area contributed by atoms with Gasteiger partial charge in [-0.25, -0.2) is 0 Å². The topological polar surface area (TPSA) is 63.3 Å². The van der Waals surface area contributed by atoms with Crippen molar-refractivity contribution in [3.63, 3.8) is 0 Å². The number of hydrogen-bond donors (Lipinski definition) is 2. The maximum Gasteiger partial charge on any atom is 0.303 e. The van der Waals surface area contributed by atoms with Crippen molar-refractivity contribution in [2.24, 2.45) is 23.0 Å². The van der Waals surface area contributed by atoms with Crippen molar-refractivity contribution in [2.75, 3.05) is 0 Å². The molecule has 0 bridgehead atoms. The molecule has 3 nitrogen and oxygen atoms in total. The van der Waals surface area contributed by atoms with Crippen LogP contribution in [-0.2, 0) is 4.79 Å². The number of rotatable bonds is 3. The quantitative estimate of drug-likeness (QED) is 0.779. The zero-order valence-electron chi connectivity index (χ0n) is 10.9. The number of nitrogens with two attached hydrogens (primary N) is 1. The average Bonchev–Trinajstić information content (AvgIpc) is 2.08. The summed E-state index contributed by atoms with van der Waals surface area (Å²) >= 11 is 0. The highest BCUT2D eigenvalue weighted by molar-refractivity contribution is 5.68. The van der Waals surface area contributed by atoms with E-state index in [1.165, 1.54) is 0 Å². The molecule has 3 unspecified atom stereocenters. The van der Waals surface area contributed by atoms with E-state index in [1.54, 1.807) is 0 Å². The zero-order chi connectivity index (χ0) is 12.6. The van der Waals surface area contributed by atoms with Gasteiger partial charge in [-0.05, 0) is 50.4 Å². The smallest absolute Gasteiger partial charge is 0.303 e. The van der Waals surface area contributed by atoms with Crippen molar-refractivity contribution in [1.29, 1.82) is 0 Å². The lowest BCUT2D eigenvalue weighted by molar-refractivity contribution is -0.142. The third kappa shape index (κ3) is 2.57. The molecule has 16 heavy (non-hydrogen) atoms. The largest absolute Gasteiger partial charge is 0.481 e. The van der Waals surface area contributed by atoms with Crippen LogP contribution in [0.3, 0.4) is 0 Å². The van der Waals surface area contributed by atoms with Gasteiger partial charge in [0, 0.05) is 5.54 Å². The summed E-state index contributed by atoms with van der Waals surface area (Å²) in [7, 11) is 0. The highest BCUT2D eigenvalue weighted by Crippen LogP contribution is 2.50. The van der Waals surface area contributed by atoms with Crippen LogP contribution >= 0.6 is 0 Å². The lowest BCUT2D eigenvalue weighted by Crippen LogP contribution is -2.54. The van der Waals surface area contributed by atoms with Crippen molar-refractivity contribution >= 4 is 5.97 Å². The van der Waals surface area contributed by atoms with E-state index in [4.69, 9.17) is 10.8 Å². The number of aliphatic carboxylic acids is 1. The van der Waals surface area contributed by atoms with E-state index in [1.807, 2.05) is 13.8 Å². The molecule has 0 heterocycles. The minimum Gasteiger partial charge on any atom is -0.481 e. The molecule has 0 amide bonds. The van der Waals surface area contributed by atoms with Gasteiger partial charge in [0.05, 0.1) is 6.42 Å². The molecule has 1 rings (SSSR count). The van der Waals surface area contributed by atoms with E-state index in [9.17, 15) is 4.79 Å². The minimum atomic E-state index is -0.722. The molecule has 3 N–H and O–H groups in total. The second-order valence-corrected chi connectivity index (χ2v) is 6.27. The molecule has 3 atom stereocenters. The third-order valence-electron chi connectivity index (χ3n) is 4.62. The summed E-state index contributed by atoms with van der Waals surface area (Å²) in [6.45, 7) is 8.41. The number of carboxylic acids is 1. The van der Waals surface area contributed by atoms with Gasteiger partial charge < -0.3 is 10.8 Å². The monoisotopic (exact) mass is 227 g/mol. The van der Waals surface area contributed by atoms with E-state index >= 15 is 0 Å². The van der Waals surface area contributed by atoms with E-state index < -0.39 is 11.5 Å². The first-order chi connectivity index (χ1) is 7.18. The Balaban J connectivity index is 2.93. The molecule has 0 aromatic carbocycles. The number of hydrogen-bond acceptors (Lipinski definition) is 2. The lowest BCUT2D eigenvalue weighted by Gasteiger charge is -2.50. The first kappa shape index (κ1) is 13.5. The van der Waals surface area contributed by atoms with Crippen LogP contribution in [0.25, 0.3) is 0 Å². The second kappa shape index (κ2) is 4.36. The van der Waals surface area contributed by atoms with E-state index in [0.29, 0.717) is 11.8 Å². The van der Waals surface area contributed by atoms with Crippen LogP contribution in [-0.4, -0.2) is 16.6 Å². The summed E-state index contributed by atoms with van der Waals surface area (Å²) in [6.07, 6.45) is 3.17. The van der Waals surface area contributed by atoms with E-state index in [-0.39, 0.29) is 11.8 Å². The Morgan fingerprint density at radius 3 is 2.38 bits per heavy atom. The molecular formula is C13H25NO2. The van der Waals surface area contributed by atoms with E-state index in [2.05, 4.69) is 13.8 Å². The Morgan fingerprint density at radius 1 is 1.44 bits per heavy atom. The van der Waals surface area contributed by atoms with E-state index in [0.717, 1.165) is 19.3 Å². The van der Waals surface area contributed by atoms with Crippen molar-refractivity contribution in [3.8, 4) is 0 Å². The Kier molecular flexibility index (Phi) is 3.68. The highest BCUT2D eigenvalue weighted by atomic mass is 16.4. The van der Waals surface area contributed by atoms with Crippen molar-refractivity contribution in [2.45, 2.75) is 58.9 Å². The summed E-state index contributed by atoms with van der Waals surface area (Å²) in [6, 6.07) is 0. The van der Waals surface area contributed by atoms with Gasteiger partial charge in [-0.2, -0.15) is 0 Å². The average molecular weight is 227 g/mol. The summed E-state index contributed by atoms with van der Waals surface area (Å²) in [5.74, 6) is 0.528. The number of carboxylic acid groups (broad SMARTS) is 1. The molecule has 1 saturated carbocycles. The Morgan fingerprint density at radius 2 is 2.00 bits per heavy atom. The van der Waals surface area contributed by atoms with Crippen LogP contribution in [0.2, 0.25) is 0 Å². The Labute approximate surface area is 98.4 Å². The summed E-state index contributed by atoms with van der Waals surface area (Å²) in [5.41, 5.74) is 5.59. The van der Waals surface area contributed by atoms with Crippen LogP contribution in [0.5, 0.6) is 0 Å². The highest BCUT2D eigenvalue weighted by Gasteiger charge is 2.47. The molecule has 0 aromatic heterocycles. The number of carbonyl (C=O) groups is 1. The van der Waals surface area contributed by atoms with Gasteiger partial charge in [-0.15, -0.1) is 0 Å². The molecule has 0 aromatic rings. The standard InChI is InChI=1S/C13H25NO2/c1-9-5-6-13(7-10(9)2,8-11(15)16)12(3,4)14/h9-10H,5-8,14H2,1-4H3,(H,15,16). The maximum atomic E-state index is 11.1. The van der Waals surface area contributed by atoms with Gasteiger partial charge in [0.1, 0.15) is 0 Å². The van der Waals surface area contributed by atoms with Gasteiger partial charge in [-0.1, -0.05) is 13.8 Å². The molecule has 0 spiro atoms. The molecule has 94 valence electrons. The minimum absolute atomic E-state index is 0.202. The normalized spacial score (nSPS) is 36.1. The van der Waals surface area contributed by atoms with Gasteiger partial charge in [0.15, 0.2) is 0 Å². The Bertz CT molecular complexity index is 270. The van der Waals surface area contributed by atoms with Crippen molar-refractivity contribution in [1.82, 2.24) is 0 Å². The van der Waals surface area contributed by atoms with Crippen LogP contribution in [0, 0.1) is 17.3 Å². The van der Waals surface area contributed by atoms with Gasteiger partial charge >= 0.3 is 5.97 Å². The predicted molar refractivity (Wildman–Crippen MR) is 65.1 cm³/mol. The molecule has 0 aliphatic heterocycles. The van der Waals surface area contributed by atoms with Crippen molar-refractivity contribution < 1.29 is 9.90 Å². The van der Waals surface area contributed by atoms with Crippen LogP contribution in [0.4, 0.5) is 0 Å². The van der Waals surface area contributed by atoms with Crippen LogP contribution in [0.1, 0.15) is 53.4 Å². The van der Waals surface area contributed by atoms with Crippen LogP contribution < -0.4 is 5.73 Å². The SMILES string of the molecule is CC1CCC(CC(=O)O)(C(C)(C)N)CC1C. The molecule has 1 fully saturated rings. The lowest BCUT2D eigenvalue weighted by atomic mass is 9.57. The van der Waals surface area contributed by atoms with Gasteiger partial charge in [0.25, 0.3) is 0 Å². The zero-order valence-corrected chi connectivity index (χ0v) is 10.9. The molecule has 1 aliphatic rings. The first-order valence-electron chi connectivity index (χ1n) is 6.19. The summed E-state index contributed by atoms with van der Waals surface area (Å²) in [4.78, 5) is 11.1. The fourth-order valence-electron chi connectivity index (χ4n) is 2.97. The third-order valence-corrected chi connectivity index (χ3v) is 4.62. The van der Waals surface area contributed by atoms with Gasteiger partial charge in [0.2, 0.25) is 0 Å². The molecule has 1 aliphatic carbocycles. The summed E-state index contributed by atoms with van der Waals surface area (Å²) < 4.78 is 0. The maximum absolute atomic E-state index is 11.1. The second-order valence-electron chi connectivity index (χ2n) is 6.27. The fraction of sp³-hybridized carbons (Fsp3) is 0.923. The van der Waals surface area contributed by atoms with Crippen LogP contribution in [0.15, 0.2) is 0 Å². The Hall–Kier alpha value is -0.570. The predicted octanol–water partition coefficient (Wildman–Crippen LogP) is 2.64. The molecule has 0 saturated heterocycles. The van der Waals surface area contributed by atoms with Gasteiger partial charge in [-0.3, -0.25) is 4.79 Å². The molecular weight excluding hydrogens is 202 g/mol.